The van der Waals surface area contributed by atoms with Gasteiger partial charge in [-0.25, -0.2) is 0 Å². The summed E-state index contributed by atoms with van der Waals surface area (Å²) in [5, 5.41) is 0. The minimum absolute atomic E-state index is 0.0408. The monoisotopic (exact) mass is 210 g/mol. The second-order valence-corrected chi connectivity index (χ2v) is 5.72. The van der Waals surface area contributed by atoms with Crippen molar-refractivity contribution in [3.8, 4) is 0 Å². The summed E-state index contributed by atoms with van der Waals surface area (Å²) in [5.74, 6) is -0.351. The molecular formula is C12H18O3. The summed E-state index contributed by atoms with van der Waals surface area (Å²) in [7, 11) is 0. The first-order valence-electron chi connectivity index (χ1n) is 5.46. The number of hydrogen-bond donors (Lipinski definition) is 0. The van der Waals surface area contributed by atoms with E-state index in [1.165, 1.54) is 6.92 Å². The Kier molecular flexibility index (Phi) is 1.87. The number of cyclic esters (lactones) is 1. The van der Waals surface area contributed by atoms with Gasteiger partial charge >= 0.3 is 5.97 Å². The van der Waals surface area contributed by atoms with Gasteiger partial charge in [0.2, 0.25) is 0 Å². The van der Waals surface area contributed by atoms with Crippen LogP contribution in [0.3, 0.4) is 0 Å². The van der Waals surface area contributed by atoms with Crippen molar-refractivity contribution in [1.82, 2.24) is 0 Å². The van der Waals surface area contributed by atoms with Gasteiger partial charge in [-0.05, 0) is 25.2 Å². The molecule has 1 aliphatic heterocycles. The Morgan fingerprint density at radius 3 is 2.33 bits per heavy atom. The minimum Gasteiger partial charge on any atom is -0.464 e. The number of hydrogen-bond acceptors (Lipinski definition) is 3. The number of carbonyl (C=O) groups is 2. The van der Waals surface area contributed by atoms with Gasteiger partial charge in [-0.15, -0.1) is 0 Å². The molecule has 0 aromatic heterocycles. The Bertz CT molecular complexity index is 345. The van der Waals surface area contributed by atoms with Gasteiger partial charge in [-0.3, -0.25) is 9.59 Å². The van der Waals surface area contributed by atoms with Crippen LogP contribution in [-0.2, 0) is 14.3 Å². The predicted octanol–water partition coefficient (Wildman–Crippen LogP) is 1.94. The van der Waals surface area contributed by atoms with E-state index >= 15 is 0 Å². The molecule has 0 amide bonds. The van der Waals surface area contributed by atoms with Gasteiger partial charge in [0.15, 0.2) is 0 Å². The molecule has 2 rings (SSSR count). The summed E-state index contributed by atoms with van der Waals surface area (Å²) < 4.78 is 5.21. The molecule has 0 spiro atoms. The molecule has 0 N–H and O–H groups in total. The molecule has 1 saturated carbocycles. The van der Waals surface area contributed by atoms with Gasteiger partial charge in [0, 0.05) is 5.41 Å². The van der Waals surface area contributed by atoms with Crippen molar-refractivity contribution in [2.75, 3.05) is 6.61 Å². The summed E-state index contributed by atoms with van der Waals surface area (Å²) in [6.45, 7) is 8.14. The van der Waals surface area contributed by atoms with Gasteiger partial charge < -0.3 is 4.74 Å². The molecule has 0 radical (unpaired) electrons. The zero-order chi connectivity index (χ0) is 11.5. The van der Waals surface area contributed by atoms with E-state index in [-0.39, 0.29) is 22.6 Å². The number of rotatable bonds is 1. The molecular weight excluding hydrogens is 192 g/mol. The maximum absolute atomic E-state index is 11.9. The van der Waals surface area contributed by atoms with Crippen molar-refractivity contribution in [1.29, 1.82) is 0 Å². The molecule has 2 atom stereocenters. The van der Waals surface area contributed by atoms with Crippen LogP contribution in [0.25, 0.3) is 0 Å². The van der Waals surface area contributed by atoms with E-state index in [2.05, 4.69) is 6.92 Å². The van der Waals surface area contributed by atoms with Crippen LogP contribution in [0.2, 0.25) is 0 Å². The fraction of sp³-hybridized carbons (Fsp3) is 0.833. The summed E-state index contributed by atoms with van der Waals surface area (Å²) in [4.78, 5) is 23.8. The van der Waals surface area contributed by atoms with Crippen molar-refractivity contribution in [2.24, 2.45) is 16.2 Å². The third-order valence-corrected chi connectivity index (χ3v) is 5.10. The fourth-order valence-electron chi connectivity index (χ4n) is 3.32. The lowest BCUT2D eigenvalue weighted by Crippen LogP contribution is -2.57. The Balaban J connectivity index is 2.61. The Morgan fingerprint density at radius 2 is 1.87 bits per heavy atom. The second-order valence-electron chi connectivity index (χ2n) is 5.72. The lowest BCUT2D eigenvalue weighted by Gasteiger charge is -2.49. The molecule has 3 heteroatoms. The summed E-state index contributed by atoms with van der Waals surface area (Å²) in [5.41, 5.74) is -1.23. The van der Waals surface area contributed by atoms with E-state index in [1.807, 2.05) is 13.8 Å². The average molecular weight is 210 g/mol. The number of ether oxygens (including phenoxy) is 1. The Morgan fingerprint density at radius 1 is 1.27 bits per heavy atom. The molecule has 2 bridgehead atoms. The first kappa shape index (κ1) is 10.7. The first-order valence-corrected chi connectivity index (χ1v) is 5.46. The smallest absolute Gasteiger partial charge is 0.320 e. The lowest BCUT2D eigenvalue weighted by molar-refractivity contribution is -0.187. The Labute approximate surface area is 90.2 Å². The summed E-state index contributed by atoms with van der Waals surface area (Å²) in [6.07, 6.45) is 1.54. The molecule has 15 heavy (non-hydrogen) atoms. The van der Waals surface area contributed by atoms with Crippen LogP contribution in [0.4, 0.5) is 0 Å². The predicted molar refractivity (Wildman–Crippen MR) is 55.2 cm³/mol. The third-order valence-electron chi connectivity index (χ3n) is 5.10. The number of esters is 1. The molecule has 1 aliphatic carbocycles. The van der Waals surface area contributed by atoms with Crippen LogP contribution in [0.1, 0.15) is 40.5 Å². The standard InChI is InChI=1S/C12H18O3/c1-8(13)12-6-5-11(4,10(12,2)3)7-15-9(12)14/h5-7H2,1-4H3/t11-,12-/m0/s1. The molecule has 1 saturated heterocycles. The molecule has 0 unspecified atom stereocenters. The minimum atomic E-state index is -0.889. The first-order chi connectivity index (χ1) is 6.78. The topological polar surface area (TPSA) is 43.4 Å². The van der Waals surface area contributed by atoms with Crippen LogP contribution in [0, 0.1) is 16.2 Å². The zero-order valence-corrected chi connectivity index (χ0v) is 9.85. The average Bonchev–Trinajstić information content (AvgIpc) is 2.27. The van der Waals surface area contributed by atoms with Gasteiger partial charge in [0.25, 0.3) is 0 Å². The number of Topliss-reactive ketones (excluding diaryl/α,β-unsaturated/α-hetero) is 1. The maximum Gasteiger partial charge on any atom is 0.320 e. The van der Waals surface area contributed by atoms with Gasteiger partial charge in [0.05, 0.1) is 6.61 Å². The van der Waals surface area contributed by atoms with Crippen molar-refractivity contribution in [3.63, 3.8) is 0 Å². The summed E-state index contributed by atoms with van der Waals surface area (Å²) in [6, 6.07) is 0. The lowest BCUT2D eigenvalue weighted by atomic mass is 9.56. The van der Waals surface area contributed by atoms with Crippen molar-refractivity contribution in [3.05, 3.63) is 0 Å². The molecule has 0 aromatic rings. The molecule has 2 aliphatic rings. The highest BCUT2D eigenvalue weighted by atomic mass is 16.5. The van der Waals surface area contributed by atoms with E-state index < -0.39 is 5.41 Å². The van der Waals surface area contributed by atoms with Crippen LogP contribution in [-0.4, -0.2) is 18.4 Å². The van der Waals surface area contributed by atoms with E-state index in [9.17, 15) is 9.59 Å². The molecule has 3 nitrogen and oxygen atoms in total. The number of fused-ring (bicyclic) bond motifs is 2. The van der Waals surface area contributed by atoms with Gasteiger partial charge in [0.1, 0.15) is 11.2 Å². The summed E-state index contributed by atoms with van der Waals surface area (Å²) >= 11 is 0. The van der Waals surface area contributed by atoms with E-state index in [0.29, 0.717) is 13.0 Å². The largest absolute Gasteiger partial charge is 0.464 e. The Hall–Kier alpha value is -0.860. The van der Waals surface area contributed by atoms with E-state index in [1.54, 1.807) is 0 Å². The number of carbonyl (C=O) groups excluding carboxylic acids is 2. The van der Waals surface area contributed by atoms with Crippen LogP contribution >= 0.6 is 0 Å². The molecule has 84 valence electrons. The van der Waals surface area contributed by atoms with Gasteiger partial charge in [-0.2, -0.15) is 0 Å². The number of ketones is 1. The highest BCUT2D eigenvalue weighted by Gasteiger charge is 2.70. The van der Waals surface area contributed by atoms with Crippen molar-refractivity contribution >= 4 is 11.8 Å². The fourth-order valence-corrected chi connectivity index (χ4v) is 3.32. The molecule has 0 aromatic carbocycles. The highest BCUT2D eigenvalue weighted by molar-refractivity contribution is 6.04. The zero-order valence-electron chi connectivity index (χ0n) is 9.85. The van der Waals surface area contributed by atoms with E-state index in [0.717, 1.165) is 6.42 Å². The van der Waals surface area contributed by atoms with Crippen LogP contribution < -0.4 is 0 Å². The van der Waals surface area contributed by atoms with Crippen molar-refractivity contribution in [2.45, 2.75) is 40.5 Å². The van der Waals surface area contributed by atoms with Crippen LogP contribution in [0.15, 0.2) is 0 Å². The SMILES string of the molecule is CC(=O)[C@@]12CC[C@@](C)(COC1=O)C2(C)C. The molecule has 1 heterocycles. The van der Waals surface area contributed by atoms with Crippen molar-refractivity contribution < 1.29 is 14.3 Å². The third kappa shape index (κ3) is 0.918. The van der Waals surface area contributed by atoms with E-state index in [4.69, 9.17) is 4.74 Å². The normalized spacial score (nSPS) is 42.5. The molecule has 2 fully saturated rings. The maximum atomic E-state index is 11.9. The quantitative estimate of drug-likeness (QED) is 0.490. The highest BCUT2D eigenvalue weighted by Crippen LogP contribution is 2.65. The van der Waals surface area contributed by atoms with Gasteiger partial charge in [-0.1, -0.05) is 20.8 Å². The van der Waals surface area contributed by atoms with Crippen LogP contribution in [0.5, 0.6) is 0 Å². The second kappa shape index (κ2) is 2.63.